The summed E-state index contributed by atoms with van der Waals surface area (Å²) in [4.78, 5) is 4.24. The number of benzene rings is 1. The van der Waals surface area contributed by atoms with Crippen LogP contribution in [0.25, 0.3) is 10.9 Å². The number of fused-ring (bicyclic) bond motifs is 1. The lowest BCUT2D eigenvalue weighted by molar-refractivity contribution is 0.916. The molecule has 1 heterocycles. The van der Waals surface area contributed by atoms with Crippen LogP contribution in [-0.4, -0.2) is 4.98 Å². The fraction of sp³-hybridized carbons (Fsp3) is 0.0833. The Morgan fingerprint density at radius 3 is 3.00 bits per heavy atom. The van der Waals surface area contributed by atoms with Crippen molar-refractivity contribution in [1.29, 1.82) is 0 Å². The SMILES string of the molecule is C=CC(N)c1ccc2ncccc2c1. The van der Waals surface area contributed by atoms with E-state index >= 15 is 0 Å². The molecule has 2 N–H and O–H groups in total. The standard InChI is InChI=1S/C12H12N2/c1-2-11(13)9-5-6-12-10(8-9)4-3-7-14-12/h2-8,11H,1,13H2. The minimum Gasteiger partial charge on any atom is -0.321 e. The van der Waals surface area contributed by atoms with Gasteiger partial charge in [0.15, 0.2) is 0 Å². The average Bonchev–Trinajstić information content (AvgIpc) is 2.27. The van der Waals surface area contributed by atoms with Crippen LogP contribution in [0.2, 0.25) is 0 Å². The number of pyridine rings is 1. The van der Waals surface area contributed by atoms with Crippen LogP contribution in [0.15, 0.2) is 49.2 Å². The maximum Gasteiger partial charge on any atom is 0.0702 e. The van der Waals surface area contributed by atoms with Crippen LogP contribution in [0.1, 0.15) is 11.6 Å². The predicted molar refractivity (Wildman–Crippen MR) is 58.9 cm³/mol. The zero-order valence-electron chi connectivity index (χ0n) is 7.85. The third-order valence-electron chi connectivity index (χ3n) is 2.27. The summed E-state index contributed by atoms with van der Waals surface area (Å²) in [5, 5.41) is 1.11. The molecule has 0 saturated heterocycles. The first kappa shape index (κ1) is 8.91. The first-order valence-corrected chi connectivity index (χ1v) is 4.54. The molecule has 0 aliphatic rings. The number of rotatable bonds is 2. The molecular weight excluding hydrogens is 172 g/mol. The van der Waals surface area contributed by atoms with E-state index in [1.807, 2.05) is 24.3 Å². The molecule has 1 unspecified atom stereocenters. The Bertz CT molecular complexity index is 463. The number of hydrogen-bond donors (Lipinski definition) is 1. The van der Waals surface area contributed by atoms with E-state index in [1.165, 1.54) is 0 Å². The van der Waals surface area contributed by atoms with Gasteiger partial charge in [-0.3, -0.25) is 4.98 Å². The fourth-order valence-electron chi connectivity index (χ4n) is 1.44. The van der Waals surface area contributed by atoms with Gasteiger partial charge in [-0.15, -0.1) is 6.58 Å². The Morgan fingerprint density at radius 2 is 2.21 bits per heavy atom. The second kappa shape index (κ2) is 3.60. The molecule has 1 atom stereocenters. The normalized spacial score (nSPS) is 12.6. The molecule has 0 spiro atoms. The summed E-state index contributed by atoms with van der Waals surface area (Å²) < 4.78 is 0. The van der Waals surface area contributed by atoms with Gasteiger partial charge in [0, 0.05) is 17.6 Å². The zero-order chi connectivity index (χ0) is 9.97. The summed E-state index contributed by atoms with van der Waals surface area (Å²) in [5.41, 5.74) is 7.91. The molecule has 0 amide bonds. The first-order chi connectivity index (χ1) is 6.81. The Balaban J connectivity index is 2.56. The summed E-state index contributed by atoms with van der Waals surface area (Å²) in [6.07, 6.45) is 3.52. The second-order valence-electron chi connectivity index (χ2n) is 3.22. The van der Waals surface area contributed by atoms with E-state index in [2.05, 4.69) is 17.6 Å². The lowest BCUT2D eigenvalue weighted by atomic mass is 10.1. The van der Waals surface area contributed by atoms with Gasteiger partial charge >= 0.3 is 0 Å². The molecule has 2 nitrogen and oxygen atoms in total. The van der Waals surface area contributed by atoms with Crippen molar-refractivity contribution in [2.75, 3.05) is 0 Å². The largest absolute Gasteiger partial charge is 0.321 e. The summed E-state index contributed by atoms with van der Waals surface area (Å²) in [7, 11) is 0. The number of aromatic nitrogens is 1. The van der Waals surface area contributed by atoms with Gasteiger partial charge < -0.3 is 5.73 Å². The van der Waals surface area contributed by atoms with Crippen molar-refractivity contribution >= 4 is 10.9 Å². The number of nitrogens with two attached hydrogens (primary N) is 1. The third kappa shape index (κ3) is 1.52. The molecule has 2 heteroatoms. The first-order valence-electron chi connectivity index (χ1n) is 4.54. The predicted octanol–water partition coefficient (Wildman–Crippen LogP) is 2.42. The van der Waals surface area contributed by atoms with Crippen LogP contribution < -0.4 is 5.73 Å². The van der Waals surface area contributed by atoms with Gasteiger partial charge in [0.2, 0.25) is 0 Å². The van der Waals surface area contributed by atoms with Gasteiger partial charge in [-0.1, -0.05) is 18.2 Å². The van der Waals surface area contributed by atoms with Crippen LogP contribution in [0, 0.1) is 0 Å². The van der Waals surface area contributed by atoms with E-state index in [0.717, 1.165) is 16.5 Å². The highest BCUT2D eigenvalue weighted by Gasteiger charge is 2.01. The van der Waals surface area contributed by atoms with Gasteiger partial charge in [-0.05, 0) is 23.8 Å². The Morgan fingerprint density at radius 1 is 1.36 bits per heavy atom. The minimum absolute atomic E-state index is 0.0976. The van der Waals surface area contributed by atoms with Gasteiger partial charge in [0.05, 0.1) is 5.52 Å². The summed E-state index contributed by atoms with van der Waals surface area (Å²) in [6, 6.07) is 9.87. The van der Waals surface area contributed by atoms with E-state index in [4.69, 9.17) is 5.73 Å². The maximum absolute atomic E-state index is 5.85. The topological polar surface area (TPSA) is 38.9 Å². The summed E-state index contributed by atoms with van der Waals surface area (Å²) in [6.45, 7) is 3.68. The Kier molecular flexibility index (Phi) is 2.29. The second-order valence-corrected chi connectivity index (χ2v) is 3.22. The number of hydrogen-bond acceptors (Lipinski definition) is 2. The summed E-state index contributed by atoms with van der Waals surface area (Å²) in [5.74, 6) is 0. The van der Waals surface area contributed by atoms with Crippen LogP contribution in [0.5, 0.6) is 0 Å². The van der Waals surface area contributed by atoms with Gasteiger partial charge in [0.1, 0.15) is 0 Å². The molecule has 14 heavy (non-hydrogen) atoms. The molecule has 0 aliphatic carbocycles. The molecular formula is C12H12N2. The maximum atomic E-state index is 5.85. The highest BCUT2D eigenvalue weighted by molar-refractivity contribution is 5.79. The molecule has 0 bridgehead atoms. The minimum atomic E-state index is -0.0976. The molecule has 0 radical (unpaired) electrons. The molecule has 1 aromatic carbocycles. The van der Waals surface area contributed by atoms with E-state index in [-0.39, 0.29) is 6.04 Å². The van der Waals surface area contributed by atoms with Crippen molar-refractivity contribution in [3.63, 3.8) is 0 Å². The van der Waals surface area contributed by atoms with Crippen molar-refractivity contribution in [1.82, 2.24) is 4.98 Å². The van der Waals surface area contributed by atoms with Gasteiger partial charge in [-0.2, -0.15) is 0 Å². The van der Waals surface area contributed by atoms with E-state index in [9.17, 15) is 0 Å². The smallest absolute Gasteiger partial charge is 0.0702 e. The van der Waals surface area contributed by atoms with Crippen LogP contribution in [0.3, 0.4) is 0 Å². The molecule has 0 fully saturated rings. The highest BCUT2D eigenvalue weighted by atomic mass is 14.6. The summed E-state index contributed by atoms with van der Waals surface area (Å²) >= 11 is 0. The van der Waals surface area contributed by atoms with E-state index in [0.29, 0.717) is 0 Å². The zero-order valence-corrected chi connectivity index (χ0v) is 7.85. The highest BCUT2D eigenvalue weighted by Crippen LogP contribution is 2.17. The van der Waals surface area contributed by atoms with Crippen molar-refractivity contribution in [2.45, 2.75) is 6.04 Å². The Labute approximate surface area is 83.1 Å². The van der Waals surface area contributed by atoms with E-state index in [1.54, 1.807) is 12.3 Å². The monoisotopic (exact) mass is 184 g/mol. The molecule has 2 rings (SSSR count). The van der Waals surface area contributed by atoms with Crippen molar-refractivity contribution in [2.24, 2.45) is 5.73 Å². The van der Waals surface area contributed by atoms with Gasteiger partial charge in [0.25, 0.3) is 0 Å². The Hall–Kier alpha value is -1.67. The quantitative estimate of drug-likeness (QED) is 0.728. The molecule has 2 aromatic rings. The number of nitrogens with zero attached hydrogens (tertiary/aromatic N) is 1. The molecule has 1 aromatic heterocycles. The molecule has 0 aliphatic heterocycles. The van der Waals surface area contributed by atoms with Crippen LogP contribution in [-0.2, 0) is 0 Å². The van der Waals surface area contributed by atoms with Gasteiger partial charge in [-0.25, -0.2) is 0 Å². The molecule has 70 valence electrons. The van der Waals surface area contributed by atoms with Crippen LogP contribution >= 0.6 is 0 Å². The van der Waals surface area contributed by atoms with Crippen LogP contribution in [0.4, 0.5) is 0 Å². The third-order valence-corrected chi connectivity index (χ3v) is 2.27. The lowest BCUT2D eigenvalue weighted by Crippen LogP contribution is -2.05. The van der Waals surface area contributed by atoms with Crippen molar-refractivity contribution in [3.8, 4) is 0 Å². The average molecular weight is 184 g/mol. The van der Waals surface area contributed by atoms with Crippen molar-refractivity contribution < 1.29 is 0 Å². The molecule has 0 saturated carbocycles. The fourth-order valence-corrected chi connectivity index (χ4v) is 1.44. The van der Waals surface area contributed by atoms with E-state index < -0.39 is 0 Å². The lowest BCUT2D eigenvalue weighted by Gasteiger charge is -2.06. The van der Waals surface area contributed by atoms with Crippen molar-refractivity contribution in [3.05, 3.63) is 54.7 Å².